The van der Waals surface area contributed by atoms with Gasteiger partial charge in [-0.25, -0.2) is 0 Å². The summed E-state index contributed by atoms with van der Waals surface area (Å²) in [5, 5.41) is 3.20. The quantitative estimate of drug-likeness (QED) is 0.775. The highest BCUT2D eigenvalue weighted by Crippen LogP contribution is 2.21. The molecular formula is C13H22N2. The van der Waals surface area contributed by atoms with Crippen LogP contribution in [0.4, 0.5) is 0 Å². The fourth-order valence-electron chi connectivity index (χ4n) is 1.85. The zero-order chi connectivity index (χ0) is 11.3. The van der Waals surface area contributed by atoms with Crippen molar-refractivity contribution >= 4 is 0 Å². The molecule has 1 aromatic carbocycles. The van der Waals surface area contributed by atoms with Gasteiger partial charge in [-0.2, -0.15) is 0 Å². The summed E-state index contributed by atoms with van der Waals surface area (Å²) in [4.78, 5) is 0. The first-order chi connectivity index (χ1) is 7.19. The molecule has 2 unspecified atom stereocenters. The first-order valence-electron chi connectivity index (χ1n) is 5.65. The Kier molecular flexibility index (Phi) is 4.79. The third kappa shape index (κ3) is 3.33. The standard InChI is InChI=1S/C13H22N2/c1-4-11(9-15-3)13(14)12-7-5-10(2)6-8-12/h5-8,11,13,15H,4,9,14H2,1-3H3. The van der Waals surface area contributed by atoms with Gasteiger partial charge in [-0.3, -0.25) is 0 Å². The van der Waals surface area contributed by atoms with Crippen LogP contribution in [0.1, 0.15) is 30.5 Å². The molecule has 0 saturated carbocycles. The minimum Gasteiger partial charge on any atom is -0.324 e. The topological polar surface area (TPSA) is 38.0 Å². The first kappa shape index (κ1) is 12.2. The van der Waals surface area contributed by atoms with E-state index >= 15 is 0 Å². The Bertz CT molecular complexity index is 279. The minimum atomic E-state index is 0.142. The van der Waals surface area contributed by atoms with E-state index in [1.807, 2.05) is 7.05 Å². The largest absolute Gasteiger partial charge is 0.324 e. The molecule has 3 N–H and O–H groups in total. The average Bonchev–Trinajstić information content (AvgIpc) is 2.26. The van der Waals surface area contributed by atoms with E-state index in [9.17, 15) is 0 Å². The number of hydrogen-bond donors (Lipinski definition) is 2. The predicted octanol–water partition coefficient (Wildman–Crippen LogP) is 2.24. The second kappa shape index (κ2) is 5.89. The summed E-state index contributed by atoms with van der Waals surface area (Å²) >= 11 is 0. The van der Waals surface area contributed by atoms with E-state index in [4.69, 9.17) is 5.73 Å². The summed E-state index contributed by atoms with van der Waals surface area (Å²) < 4.78 is 0. The van der Waals surface area contributed by atoms with Crippen molar-refractivity contribution in [1.82, 2.24) is 5.32 Å². The molecule has 15 heavy (non-hydrogen) atoms. The van der Waals surface area contributed by atoms with E-state index in [0.717, 1.165) is 13.0 Å². The smallest absolute Gasteiger partial charge is 0.0335 e. The number of hydrogen-bond acceptors (Lipinski definition) is 2. The zero-order valence-electron chi connectivity index (χ0n) is 9.96. The van der Waals surface area contributed by atoms with Crippen LogP contribution in [0, 0.1) is 12.8 Å². The molecule has 2 heteroatoms. The third-order valence-electron chi connectivity index (χ3n) is 2.96. The molecule has 0 aliphatic carbocycles. The van der Waals surface area contributed by atoms with Gasteiger partial charge < -0.3 is 11.1 Å². The molecule has 0 fully saturated rings. The normalized spacial score (nSPS) is 14.9. The molecule has 0 aliphatic heterocycles. The van der Waals surface area contributed by atoms with Crippen LogP contribution in [0.5, 0.6) is 0 Å². The predicted molar refractivity (Wildman–Crippen MR) is 65.8 cm³/mol. The maximum Gasteiger partial charge on any atom is 0.0335 e. The molecule has 2 nitrogen and oxygen atoms in total. The highest BCUT2D eigenvalue weighted by Gasteiger charge is 2.16. The van der Waals surface area contributed by atoms with Crippen LogP contribution in [-0.2, 0) is 0 Å². The van der Waals surface area contributed by atoms with Crippen LogP contribution in [-0.4, -0.2) is 13.6 Å². The number of benzene rings is 1. The van der Waals surface area contributed by atoms with Crippen molar-refractivity contribution in [3.05, 3.63) is 35.4 Å². The van der Waals surface area contributed by atoms with Gasteiger partial charge in [-0.15, -0.1) is 0 Å². The number of aryl methyl sites for hydroxylation is 1. The van der Waals surface area contributed by atoms with Crippen LogP contribution < -0.4 is 11.1 Å². The lowest BCUT2D eigenvalue weighted by Crippen LogP contribution is -2.29. The van der Waals surface area contributed by atoms with E-state index in [2.05, 4.69) is 43.4 Å². The number of rotatable bonds is 5. The molecule has 84 valence electrons. The lowest BCUT2D eigenvalue weighted by molar-refractivity contribution is 0.403. The average molecular weight is 206 g/mol. The summed E-state index contributed by atoms with van der Waals surface area (Å²) in [5.41, 5.74) is 8.77. The molecule has 1 aromatic rings. The molecule has 0 aliphatic rings. The monoisotopic (exact) mass is 206 g/mol. The molecule has 2 atom stereocenters. The molecule has 0 saturated heterocycles. The van der Waals surface area contributed by atoms with Crippen molar-refractivity contribution in [2.24, 2.45) is 11.7 Å². The summed E-state index contributed by atoms with van der Waals surface area (Å²) in [6.45, 7) is 5.27. The van der Waals surface area contributed by atoms with Crippen molar-refractivity contribution < 1.29 is 0 Å². The van der Waals surface area contributed by atoms with E-state index < -0.39 is 0 Å². The van der Waals surface area contributed by atoms with E-state index in [0.29, 0.717) is 5.92 Å². The first-order valence-corrected chi connectivity index (χ1v) is 5.65. The number of nitrogens with two attached hydrogens (primary N) is 1. The molecule has 0 spiro atoms. The van der Waals surface area contributed by atoms with Crippen LogP contribution >= 0.6 is 0 Å². The summed E-state index contributed by atoms with van der Waals surface area (Å²) in [6, 6.07) is 8.67. The van der Waals surface area contributed by atoms with Gasteiger partial charge in [0.05, 0.1) is 0 Å². The lowest BCUT2D eigenvalue weighted by Gasteiger charge is -2.22. The van der Waals surface area contributed by atoms with Gasteiger partial charge in [-0.05, 0) is 32.0 Å². The van der Waals surface area contributed by atoms with Gasteiger partial charge >= 0.3 is 0 Å². The molecule has 0 aromatic heterocycles. The Balaban J connectivity index is 2.73. The van der Waals surface area contributed by atoms with E-state index in [1.165, 1.54) is 11.1 Å². The van der Waals surface area contributed by atoms with Gasteiger partial charge in [0.15, 0.2) is 0 Å². The van der Waals surface area contributed by atoms with E-state index in [-0.39, 0.29) is 6.04 Å². The summed E-state index contributed by atoms with van der Waals surface area (Å²) in [6.07, 6.45) is 1.11. The van der Waals surface area contributed by atoms with Gasteiger partial charge in [0.25, 0.3) is 0 Å². The van der Waals surface area contributed by atoms with Crippen LogP contribution in [0.2, 0.25) is 0 Å². The third-order valence-corrected chi connectivity index (χ3v) is 2.96. The summed E-state index contributed by atoms with van der Waals surface area (Å²) in [5.74, 6) is 0.512. The van der Waals surface area contributed by atoms with Crippen LogP contribution in [0.3, 0.4) is 0 Å². The van der Waals surface area contributed by atoms with Gasteiger partial charge in [0.2, 0.25) is 0 Å². The second-order valence-corrected chi connectivity index (χ2v) is 4.16. The molecule has 1 rings (SSSR count). The fraction of sp³-hybridized carbons (Fsp3) is 0.538. The molecule has 0 bridgehead atoms. The highest BCUT2D eigenvalue weighted by atomic mass is 14.8. The molecular weight excluding hydrogens is 184 g/mol. The van der Waals surface area contributed by atoms with E-state index in [1.54, 1.807) is 0 Å². The number of nitrogens with one attached hydrogen (secondary N) is 1. The Morgan fingerprint density at radius 2 is 1.87 bits per heavy atom. The molecule has 0 amide bonds. The Hall–Kier alpha value is -0.860. The highest BCUT2D eigenvalue weighted by molar-refractivity contribution is 5.24. The zero-order valence-corrected chi connectivity index (χ0v) is 9.96. The SMILES string of the molecule is CCC(CNC)C(N)c1ccc(C)cc1. The minimum absolute atomic E-state index is 0.142. The lowest BCUT2D eigenvalue weighted by atomic mass is 9.91. The van der Waals surface area contributed by atoms with Crippen molar-refractivity contribution in [2.45, 2.75) is 26.3 Å². The molecule has 0 heterocycles. The van der Waals surface area contributed by atoms with Crippen LogP contribution in [0.25, 0.3) is 0 Å². The maximum absolute atomic E-state index is 6.25. The Morgan fingerprint density at radius 1 is 1.27 bits per heavy atom. The van der Waals surface area contributed by atoms with Crippen molar-refractivity contribution in [2.75, 3.05) is 13.6 Å². The van der Waals surface area contributed by atoms with Gasteiger partial charge in [0.1, 0.15) is 0 Å². The fourth-order valence-corrected chi connectivity index (χ4v) is 1.85. The van der Waals surface area contributed by atoms with Crippen molar-refractivity contribution in [1.29, 1.82) is 0 Å². The Morgan fingerprint density at radius 3 is 2.33 bits per heavy atom. The van der Waals surface area contributed by atoms with Crippen molar-refractivity contribution in [3.63, 3.8) is 0 Å². The Labute approximate surface area is 92.9 Å². The van der Waals surface area contributed by atoms with Crippen LogP contribution in [0.15, 0.2) is 24.3 Å². The van der Waals surface area contributed by atoms with Gasteiger partial charge in [0, 0.05) is 6.04 Å². The summed E-state index contributed by atoms with van der Waals surface area (Å²) in [7, 11) is 1.98. The maximum atomic E-state index is 6.25. The molecule has 0 radical (unpaired) electrons. The van der Waals surface area contributed by atoms with Gasteiger partial charge in [-0.1, -0.05) is 43.2 Å². The van der Waals surface area contributed by atoms with Crippen molar-refractivity contribution in [3.8, 4) is 0 Å². The second-order valence-electron chi connectivity index (χ2n) is 4.16.